The predicted molar refractivity (Wildman–Crippen MR) is 96.9 cm³/mol. The molecule has 0 atom stereocenters. The van der Waals surface area contributed by atoms with Crippen LogP contribution in [0.2, 0.25) is 0 Å². The van der Waals surface area contributed by atoms with E-state index in [1.54, 1.807) is 0 Å². The van der Waals surface area contributed by atoms with Gasteiger partial charge in [-0.2, -0.15) is 0 Å². The number of carbonyl (C=O) groups excluding carboxylic acids is 1. The molecule has 0 aliphatic heterocycles. The summed E-state index contributed by atoms with van der Waals surface area (Å²) < 4.78 is 2.20. The number of fused-ring (bicyclic) bond motifs is 1. The minimum Gasteiger partial charge on any atom is -0.345 e. The molecular formula is C20H23N3O. The Bertz CT molecular complexity index is 864. The van der Waals surface area contributed by atoms with Gasteiger partial charge in [-0.3, -0.25) is 4.79 Å². The van der Waals surface area contributed by atoms with Gasteiger partial charge in [0.25, 0.3) is 5.91 Å². The molecule has 0 saturated carbocycles. The van der Waals surface area contributed by atoms with Gasteiger partial charge in [-0.25, -0.2) is 4.98 Å². The Hall–Kier alpha value is -2.62. The molecule has 3 aromatic rings. The van der Waals surface area contributed by atoms with Crippen LogP contribution >= 0.6 is 0 Å². The van der Waals surface area contributed by atoms with Crippen molar-refractivity contribution in [1.29, 1.82) is 0 Å². The second-order valence-electron chi connectivity index (χ2n) is 6.57. The molecule has 1 N–H and O–H groups in total. The Morgan fingerprint density at radius 2 is 1.96 bits per heavy atom. The van der Waals surface area contributed by atoms with E-state index in [0.717, 1.165) is 29.0 Å². The van der Waals surface area contributed by atoms with E-state index in [4.69, 9.17) is 4.98 Å². The second kappa shape index (κ2) is 6.87. The van der Waals surface area contributed by atoms with Gasteiger partial charge < -0.3 is 9.88 Å². The van der Waals surface area contributed by atoms with Crippen LogP contribution in [-0.4, -0.2) is 15.5 Å². The summed E-state index contributed by atoms with van der Waals surface area (Å²) in [7, 11) is 0. The predicted octanol–water partition coefficient (Wildman–Crippen LogP) is 3.93. The first-order valence-electron chi connectivity index (χ1n) is 8.33. The third-order valence-electron chi connectivity index (χ3n) is 3.97. The monoisotopic (exact) mass is 321 g/mol. The molecule has 1 amide bonds. The highest BCUT2D eigenvalue weighted by molar-refractivity contribution is 5.94. The first-order chi connectivity index (χ1) is 11.5. The molecule has 1 heterocycles. The fourth-order valence-corrected chi connectivity index (χ4v) is 2.88. The third kappa shape index (κ3) is 3.48. The SMILES string of the molecule is Cc1cccc(C(=O)NCc2nc3ccccc3n2CC(C)C)c1. The lowest BCUT2D eigenvalue weighted by Gasteiger charge is -2.12. The summed E-state index contributed by atoms with van der Waals surface area (Å²) in [5, 5.41) is 2.99. The number of aromatic nitrogens is 2. The molecule has 0 bridgehead atoms. The second-order valence-corrected chi connectivity index (χ2v) is 6.57. The van der Waals surface area contributed by atoms with Crippen molar-refractivity contribution >= 4 is 16.9 Å². The third-order valence-corrected chi connectivity index (χ3v) is 3.97. The van der Waals surface area contributed by atoms with E-state index in [1.807, 2.05) is 49.4 Å². The van der Waals surface area contributed by atoms with Crippen LogP contribution < -0.4 is 5.32 Å². The maximum atomic E-state index is 12.4. The van der Waals surface area contributed by atoms with Crippen molar-refractivity contribution in [2.75, 3.05) is 0 Å². The number of imidazole rings is 1. The smallest absolute Gasteiger partial charge is 0.251 e. The molecule has 0 unspecified atom stereocenters. The van der Waals surface area contributed by atoms with Crippen LogP contribution in [0, 0.1) is 12.8 Å². The number of aryl methyl sites for hydroxylation is 1. The first-order valence-corrected chi connectivity index (χ1v) is 8.33. The van der Waals surface area contributed by atoms with Crippen LogP contribution in [-0.2, 0) is 13.1 Å². The highest BCUT2D eigenvalue weighted by Gasteiger charge is 2.13. The Labute approximate surface area is 142 Å². The van der Waals surface area contributed by atoms with Crippen molar-refractivity contribution in [1.82, 2.24) is 14.9 Å². The number of benzene rings is 2. The van der Waals surface area contributed by atoms with Crippen molar-refractivity contribution < 1.29 is 4.79 Å². The maximum absolute atomic E-state index is 12.4. The number of nitrogens with one attached hydrogen (secondary N) is 1. The number of rotatable bonds is 5. The van der Waals surface area contributed by atoms with E-state index < -0.39 is 0 Å². The van der Waals surface area contributed by atoms with Gasteiger partial charge in [0, 0.05) is 12.1 Å². The lowest BCUT2D eigenvalue weighted by atomic mass is 10.1. The van der Waals surface area contributed by atoms with Crippen molar-refractivity contribution in [3.05, 3.63) is 65.5 Å². The zero-order valence-electron chi connectivity index (χ0n) is 14.4. The topological polar surface area (TPSA) is 46.9 Å². The normalized spacial score (nSPS) is 11.2. The van der Waals surface area contributed by atoms with E-state index in [1.165, 1.54) is 0 Å². The molecule has 1 aromatic heterocycles. The van der Waals surface area contributed by atoms with Crippen LogP contribution in [0.4, 0.5) is 0 Å². The van der Waals surface area contributed by atoms with Crippen LogP contribution in [0.25, 0.3) is 11.0 Å². The summed E-state index contributed by atoms with van der Waals surface area (Å²) in [5.41, 5.74) is 3.85. The average molecular weight is 321 g/mol. The van der Waals surface area contributed by atoms with Crippen molar-refractivity contribution in [2.24, 2.45) is 5.92 Å². The largest absolute Gasteiger partial charge is 0.345 e. The molecule has 3 rings (SSSR count). The highest BCUT2D eigenvalue weighted by atomic mass is 16.1. The fourth-order valence-electron chi connectivity index (χ4n) is 2.88. The summed E-state index contributed by atoms with van der Waals surface area (Å²) in [4.78, 5) is 17.1. The van der Waals surface area contributed by atoms with Gasteiger partial charge in [-0.05, 0) is 37.1 Å². The van der Waals surface area contributed by atoms with Crippen molar-refractivity contribution in [3.8, 4) is 0 Å². The van der Waals surface area contributed by atoms with Crippen LogP contribution in [0.1, 0.15) is 35.6 Å². The summed E-state index contributed by atoms with van der Waals surface area (Å²) in [5.74, 6) is 1.33. The molecular weight excluding hydrogens is 298 g/mol. The summed E-state index contributed by atoms with van der Waals surface area (Å²) in [6.07, 6.45) is 0. The molecule has 0 fully saturated rings. The zero-order valence-corrected chi connectivity index (χ0v) is 14.4. The molecule has 0 radical (unpaired) electrons. The van der Waals surface area contributed by atoms with Crippen LogP contribution in [0.15, 0.2) is 48.5 Å². The first kappa shape index (κ1) is 16.2. The zero-order chi connectivity index (χ0) is 17.1. The molecule has 0 aliphatic carbocycles. The summed E-state index contributed by atoms with van der Waals surface area (Å²) >= 11 is 0. The summed E-state index contributed by atoms with van der Waals surface area (Å²) in [6.45, 7) is 7.66. The van der Waals surface area contributed by atoms with Gasteiger partial charge in [0.1, 0.15) is 5.82 Å². The minimum absolute atomic E-state index is 0.0677. The van der Waals surface area contributed by atoms with E-state index in [0.29, 0.717) is 18.0 Å². The number of carbonyl (C=O) groups is 1. The van der Waals surface area contributed by atoms with E-state index in [9.17, 15) is 4.79 Å². The van der Waals surface area contributed by atoms with Crippen LogP contribution in [0.5, 0.6) is 0 Å². The van der Waals surface area contributed by atoms with Gasteiger partial charge >= 0.3 is 0 Å². The van der Waals surface area contributed by atoms with Gasteiger partial charge in [0.15, 0.2) is 0 Å². The number of para-hydroxylation sites is 2. The van der Waals surface area contributed by atoms with Crippen molar-refractivity contribution in [2.45, 2.75) is 33.9 Å². The Kier molecular flexibility index (Phi) is 4.65. The molecule has 24 heavy (non-hydrogen) atoms. The lowest BCUT2D eigenvalue weighted by molar-refractivity contribution is 0.0949. The van der Waals surface area contributed by atoms with E-state index in [2.05, 4.69) is 29.8 Å². The maximum Gasteiger partial charge on any atom is 0.251 e. The Morgan fingerprint density at radius 1 is 1.17 bits per heavy atom. The van der Waals surface area contributed by atoms with Gasteiger partial charge in [0.05, 0.1) is 17.6 Å². The highest BCUT2D eigenvalue weighted by Crippen LogP contribution is 2.18. The average Bonchev–Trinajstić information content (AvgIpc) is 2.90. The molecule has 0 saturated heterocycles. The van der Waals surface area contributed by atoms with Gasteiger partial charge in [-0.1, -0.05) is 43.7 Å². The van der Waals surface area contributed by atoms with Crippen LogP contribution in [0.3, 0.4) is 0 Å². The number of hydrogen-bond acceptors (Lipinski definition) is 2. The Balaban J connectivity index is 1.83. The van der Waals surface area contributed by atoms with E-state index >= 15 is 0 Å². The molecule has 0 spiro atoms. The summed E-state index contributed by atoms with van der Waals surface area (Å²) in [6, 6.07) is 15.7. The van der Waals surface area contributed by atoms with Crippen molar-refractivity contribution in [3.63, 3.8) is 0 Å². The number of nitrogens with zero attached hydrogens (tertiary/aromatic N) is 2. The minimum atomic E-state index is -0.0677. The van der Waals surface area contributed by atoms with Gasteiger partial charge in [0.2, 0.25) is 0 Å². The quantitative estimate of drug-likeness (QED) is 0.774. The molecule has 4 heteroatoms. The number of hydrogen-bond donors (Lipinski definition) is 1. The van der Waals surface area contributed by atoms with Gasteiger partial charge in [-0.15, -0.1) is 0 Å². The fraction of sp³-hybridized carbons (Fsp3) is 0.300. The standard InChI is InChI=1S/C20H23N3O/c1-14(2)13-23-18-10-5-4-9-17(18)22-19(23)12-21-20(24)16-8-6-7-15(3)11-16/h4-11,14H,12-13H2,1-3H3,(H,21,24). The lowest BCUT2D eigenvalue weighted by Crippen LogP contribution is -2.25. The molecule has 124 valence electrons. The molecule has 0 aliphatic rings. The molecule has 4 nitrogen and oxygen atoms in total. The Morgan fingerprint density at radius 3 is 2.71 bits per heavy atom. The van der Waals surface area contributed by atoms with E-state index in [-0.39, 0.29) is 5.91 Å². The number of amides is 1. The molecule has 2 aromatic carbocycles.